The van der Waals surface area contributed by atoms with Gasteiger partial charge in [0.25, 0.3) is 11.7 Å². The fourth-order valence-electron chi connectivity index (χ4n) is 4.81. The summed E-state index contributed by atoms with van der Waals surface area (Å²) in [6.45, 7) is 4.30. The highest BCUT2D eigenvalue weighted by atomic mass is 16.5. The molecule has 6 nitrogen and oxygen atoms in total. The molecule has 4 aromatic carbocycles. The van der Waals surface area contributed by atoms with E-state index in [9.17, 15) is 19.8 Å². The van der Waals surface area contributed by atoms with Crippen molar-refractivity contribution >= 4 is 23.1 Å². The van der Waals surface area contributed by atoms with Gasteiger partial charge in [-0.15, -0.1) is 0 Å². The zero-order chi connectivity index (χ0) is 27.5. The third-order valence-corrected chi connectivity index (χ3v) is 6.96. The van der Waals surface area contributed by atoms with Crippen LogP contribution in [0, 0.1) is 6.92 Å². The van der Waals surface area contributed by atoms with E-state index >= 15 is 0 Å². The van der Waals surface area contributed by atoms with Crippen LogP contribution in [0.2, 0.25) is 0 Å². The van der Waals surface area contributed by atoms with Crippen molar-refractivity contribution < 1.29 is 24.5 Å². The Labute approximate surface area is 227 Å². The molecule has 1 saturated heterocycles. The molecule has 1 aliphatic heterocycles. The molecule has 39 heavy (non-hydrogen) atoms. The molecule has 0 saturated carbocycles. The highest BCUT2D eigenvalue weighted by Crippen LogP contribution is 2.42. The molecule has 0 bridgehead atoms. The lowest BCUT2D eigenvalue weighted by atomic mass is 9.94. The van der Waals surface area contributed by atoms with E-state index in [-0.39, 0.29) is 17.1 Å². The molecule has 0 radical (unpaired) electrons. The number of phenolic OH excluding ortho intramolecular Hbond substituents is 1. The predicted octanol–water partition coefficient (Wildman–Crippen LogP) is 6.47. The number of aliphatic hydroxyl groups is 1. The summed E-state index contributed by atoms with van der Waals surface area (Å²) in [7, 11) is 0. The van der Waals surface area contributed by atoms with Gasteiger partial charge in [-0.2, -0.15) is 0 Å². The van der Waals surface area contributed by atoms with Crippen molar-refractivity contribution in [3.05, 3.63) is 130 Å². The van der Waals surface area contributed by atoms with Crippen LogP contribution in [-0.2, 0) is 22.6 Å². The number of phenols is 1. The number of hydrogen-bond acceptors (Lipinski definition) is 5. The van der Waals surface area contributed by atoms with Gasteiger partial charge in [0, 0.05) is 11.3 Å². The van der Waals surface area contributed by atoms with Gasteiger partial charge in [0.15, 0.2) is 0 Å². The van der Waals surface area contributed by atoms with E-state index in [0.717, 1.165) is 23.1 Å². The molecule has 1 atom stereocenters. The summed E-state index contributed by atoms with van der Waals surface area (Å²) in [6, 6.07) is 27.9. The standard InChI is InChI=1S/C33H29NO5/c1-3-22-9-14-26(15-10-22)34-30(24-11-16-27(35)17-12-24)29(32(37)33(34)38)31(36)25-13-18-28(21(2)19-25)39-20-23-7-5-4-6-8-23/h4-19,30,35-36H,3,20H2,1-2H3/b31-29-. The largest absolute Gasteiger partial charge is 0.508 e. The quantitative estimate of drug-likeness (QED) is 0.166. The second kappa shape index (κ2) is 10.9. The summed E-state index contributed by atoms with van der Waals surface area (Å²) in [6.07, 6.45) is 0.838. The maximum atomic E-state index is 13.4. The highest BCUT2D eigenvalue weighted by molar-refractivity contribution is 6.51. The number of ether oxygens (including phenoxy) is 1. The first-order chi connectivity index (χ1) is 18.9. The number of aryl methyl sites for hydroxylation is 2. The minimum atomic E-state index is -0.868. The number of Topliss-reactive ketones (excluding diaryl/α,β-unsaturated/α-hetero) is 1. The molecule has 0 aromatic heterocycles. The monoisotopic (exact) mass is 519 g/mol. The molecule has 0 aliphatic carbocycles. The summed E-state index contributed by atoms with van der Waals surface area (Å²) in [5, 5.41) is 21.3. The molecule has 1 heterocycles. The maximum absolute atomic E-state index is 13.4. The second-order valence-electron chi connectivity index (χ2n) is 9.54. The second-order valence-corrected chi connectivity index (χ2v) is 9.54. The van der Waals surface area contributed by atoms with Crippen LogP contribution in [0.3, 0.4) is 0 Å². The van der Waals surface area contributed by atoms with Crippen LogP contribution in [0.25, 0.3) is 5.76 Å². The van der Waals surface area contributed by atoms with Crippen LogP contribution in [-0.4, -0.2) is 21.9 Å². The lowest BCUT2D eigenvalue weighted by molar-refractivity contribution is -0.132. The van der Waals surface area contributed by atoms with Crippen LogP contribution in [0.1, 0.15) is 40.8 Å². The van der Waals surface area contributed by atoms with E-state index < -0.39 is 17.7 Å². The number of aliphatic hydroxyl groups excluding tert-OH is 1. The van der Waals surface area contributed by atoms with Gasteiger partial charge in [0.1, 0.15) is 23.9 Å². The number of aromatic hydroxyl groups is 1. The van der Waals surface area contributed by atoms with Gasteiger partial charge < -0.3 is 14.9 Å². The molecule has 0 spiro atoms. The average molecular weight is 520 g/mol. The number of rotatable bonds is 7. The van der Waals surface area contributed by atoms with Gasteiger partial charge in [0.05, 0.1) is 11.6 Å². The molecular weight excluding hydrogens is 490 g/mol. The lowest BCUT2D eigenvalue weighted by Crippen LogP contribution is -2.29. The molecule has 2 N–H and O–H groups in total. The number of hydrogen-bond donors (Lipinski definition) is 2. The van der Waals surface area contributed by atoms with Crippen molar-refractivity contribution in [2.75, 3.05) is 4.90 Å². The molecule has 196 valence electrons. The fourth-order valence-corrected chi connectivity index (χ4v) is 4.81. The Kier molecular flexibility index (Phi) is 7.19. The van der Waals surface area contributed by atoms with Crippen LogP contribution >= 0.6 is 0 Å². The third kappa shape index (κ3) is 5.14. The van der Waals surface area contributed by atoms with Crippen LogP contribution in [0.5, 0.6) is 11.5 Å². The lowest BCUT2D eigenvalue weighted by Gasteiger charge is -2.25. The minimum absolute atomic E-state index is 0.0115. The number of ketones is 1. The van der Waals surface area contributed by atoms with E-state index in [1.54, 1.807) is 42.5 Å². The summed E-state index contributed by atoms with van der Waals surface area (Å²) in [4.78, 5) is 28.2. The number of carbonyl (C=O) groups is 2. The van der Waals surface area contributed by atoms with Crippen LogP contribution < -0.4 is 9.64 Å². The maximum Gasteiger partial charge on any atom is 0.300 e. The number of carbonyl (C=O) groups excluding carboxylic acids is 2. The van der Waals surface area contributed by atoms with Gasteiger partial charge in [-0.05, 0) is 78.1 Å². The topological polar surface area (TPSA) is 87.1 Å². The van der Waals surface area contributed by atoms with Gasteiger partial charge in [-0.3, -0.25) is 14.5 Å². The fraction of sp³-hybridized carbons (Fsp3) is 0.152. The van der Waals surface area contributed by atoms with Crippen LogP contribution in [0.15, 0.2) is 103 Å². The Morgan fingerprint density at radius 2 is 1.56 bits per heavy atom. The molecule has 1 fully saturated rings. The first-order valence-corrected chi connectivity index (χ1v) is 12.8. The molecule has 1 unspecified atom stereocenters. The van der Waals surface area contributed by atoms with E-state index in [1.165, 1.54) is 17.0 Å². The molecule has 1 aliphatic rings. The van der Waals surface area contributed by atoms with Crippen molar-refractivity contribution in [3.63, 3.8) is 0 Å². The zero-order valence-corrected chi connectivity index (χ0v) is 21.8. The molecular formula is C33H29NO5. The normalized spacial score (nSPS) is 16.5. The first kappa shape index (κ1) is 25.8. The van der Waals surface area contributed by atoms with Crippen molar-refractivity contribution in [3.8, 4) is 11.5 Å². The van der Waals surface area contributed by atoms with Crippen LogP contribution in [0.4, 0.5) is 5.69 Å². The van der Waals surface area contributed by atoms with Crippen molar-refractivity contribution in [2.24, 2.45) is 0 Å². The number of amides is 1. The Balaban J connectivity index is 1.55. The Morgan fingerprint density at radius 3 is 2.21 bits per heavy atom. The Morgan fingerprint density at radius 1 is 0.872 bits per heavy atom. The third-order valence-electron chi connectivity index (χ3n) is 6.96. The predicted molar refractivity (Wildman–Crippen MR) is 151 cm³/mol. The van der Waals surface area contributed by atoms with E-state index in [4.69, 9.17) is 4.74 Å². The smallest absolute Gasteiger partial charge is 0.300 e. The minimum Gasteiger partial charge on any atom is -0.508 e. The number of anilines is 1. The first-order valence-electron chi connectivity index (χ1n) is 12.8. The SMILES string of the molecule is CCc1ccc(N2C(=O)C(=O)/C(=C(\O)c3ccc(OCc4ccccc4)c(C)c3)C2c2ccc(O)cc2)cc1. The average Bonchev–Trinajstić information content (AvgIpc) is 3.22. The van der Waals surface area contributed by atoms with Crippen molar-refractivity contribution in [1.29, 1.82) is 0 Å². The summed E-state index contributed by atoms with van der Waals surface area (Å²) >= 11 is 0. The molecule has 5 rings (SSSR count). The van der Waals surface area contributed by atoms with Gasteiger partial charge in [-0.25, -0.2) is 0 Å². The zero-order valence-electron chi connectivity index (χ0n) is 21.8. The molecule has 4 aromatic rings. The number of nitrogens with zero attached hydrogens (tertiary/aromatic N) is 1. The molecule has 6 heteroatoms. The summed E-state index contributed by atoms with van der Waals surface area (Å²) in [5.41, 5.74) is 4.44. The van der Waals surface area contributed by atoms with Gasteiger partial charge >= 0.3 is 0 Å². The summed E-state index contributed by atoms with van der Waals surface area (Å²) in [5.74, 6) is -1.05. The molecule has 1 amide bonds. The Bertz CT molecular complexity index is 1540. The van der Waals surface area contributed by atoms with E-state index in [2.05, 4.69) is 0 Å². The van der Waals surface area contributed by atoms with E-state index in [1.807, 2.05) is 56.3 Å². The van der Waals surface area contributed by atoms with Gasteiger partial charge in [0.2, 0.25) is 0 Å². The van der Waals surface area contributed by atoms with Crippen molar-refractivity contribution in [2.45, 2.75) is 32.9 Å². The summed E-state index contributed by atoms with van der Waals surface area (Å²) < 4.78 is 5.97. The van der Waals surface area contributed by atoms with Gasteiger partial charge in [-0.1, -0.05) is 61.5 Å². The van der Waals surface area contributed by atoms with Crippen molar-refractivity contribution in [1.82, 2.24) is 0 Å². The number of benzene rings is 4. The highest BCUT2D eigenvalue weighted by Gasteiger charge is 2.47. The Hall–Kier alpha value is -4.84. The van der Waals surface area contributed by atoms with E-state index in [0.29, 0.717) is 29.2 Å².